The van der Waals surface area contributed by atoms with E-state index in [4.69, 9.17) is 5.11 Å². The van der Waals surface area contributed by atoms with Gasteiger partial charge in [0.2, 0.25) is 0 Å². The zero-order chi connectivity index (χ0) is 11.4. The van der Waals surface area contributed by atoms with Crippen molar-refractivity contribution in [3.8, 4) is 11.4 Å². The molecule has 2 aromatic rings. The molecule has 0 spiro atoms. The molecule has 1 unspecified atom stereocenters. The van der Waals surface area contributed by atoms with Crippen LogP contribution in [0.2, 0.25) is 0 Å². The molecule has 0 aliphatic carbocycles. The Kier molecular flexibility index (Phi) is 3.23. The van der Waals surface area contributed by atoms with E-state index in [0.717, 1.165) is 5.69 Å². The smallest absolute Gasteiger partial charge is 0.107 e. The van der Waals surface area contributed by atoms with Crippen LogP contribution in [0.3, 0.4) is 0 Å². The van der Waals surface area contributed by atoms with E-state index in [1.54, 1.807) is 12.4 Å². The average molecular weight is 220 g/mol. The fraction of sp³-hybridized carbons (Fsp3) is 0.300. The molecule has 6 nitrogen and oxygen atoms in total. The van der Waals surface area contributed by atoms with E-state index in [9.17, 15) is 5.11 Å². The van der Waals surface area contributed by atoms with Gasteiger partial charge in [-0.15, -0.1) is 5.10 Å². The molecule has 84 valence electrons. The quantitative estimate of drug-likeness (QED) is 0.738. The minimum atomic E-state index is -0.843. The molecule has 0 amide bonds. The van der Waals surface area contributed by atoms with Crippen LogP contribution >= 0.6 is 0 Å². The second-order valence-corrected chi connectivity index (χ2v) is 3.35. The highest BCUT2D eigenvalue weighted by Crippen LogP contribution is 2.14. The number of rotatable bonds is 4. The van der Waals surface area contributed by atoms with Crippen LogP contribution in [-0.2, 0) is 6.54 Å². The van der Waals surface area contributed by atoms with Gasteiger partial charge in [-0.05, 0) is 12.1 Å². The summed E-state index contributed by atoms with van der Waals surface area (Å²) in [6, 6.07) is 5.52. The second-order valence-electron chi connectivity index (χ2n) is 3.35. The van der Waals surface area contributed by atoms with Gasteiger partial charge in [-0.3, -0.25) is 4.98 Å². The molecule has 0 saturated carbocycles. The summed E-state index contributed by atoms with van der Waals surface area (Å²) < 4.78 is 1.52. The Labute approximate surface area is 92.2 Å². The maximum absolute atomic E-state index is 9.34. The van der Waals surface area contributed by atoms with Crippen molar-refractivity contribution in [2.24, 2.45) is 0 Å². The summed E-state index contributed by atoms with van der Waals surface area (Å²) in [7, 11) is 0. The third-order valence-electron chi connectivity index (χ3n) is 2.14. The third-order valence-corrected chi connectivity index (χ3v) is 2.14. The molecular formula is C10H12N4O2. The minimum Gasteiger partial charge on any atom is -0.394 e. The fourth-order valence-electron chi connectivity index (χ4n) is 1.36. The molecule has 16 heavy (non-hydrogen) atoms. The molecule has 0 radical (unpaired) electrons. The van der Waals surface area contributed by atoms with Crippen LogP contribution < -0.4 is 0 Å². The molecule has 6 heteroatoms. The summed E-state index contributed by atoms with van der Waals surface area (Å²) in [5.41, 5.74) is 1.45. The molecule has 2 heterocycles. The van der Waals surface area contributed by atoms with Crippen molar-refractivity contribution in [2.45, 2.75) is 12.6 Å². The van der Waals surface area contributed by atoms with E-state index in [-0.39, 0.29) is 13.2 Å². The largest absolute Gasteiger partial charge is 0.394 e. The second kappa shape index (κ2) is 4.82. The Bertz CT molecular complexity index is 443. The maximum atomic E-state index is 9.34. The Morgan fingerprint density at radius 1 is 1.38 bits per heavy atom. The first-order chi connectivity index (χ1) is 7.81. The Balaban J connectivity index is 2.26. The van der Waals surface area contributed by atoms with E-state index in [0.29, 0.717) is 5.69 Å². The van der Waals surface area contributed by atoms with E-state index >= 15 is 0 Å². The summed E-state index contributed by atoms with van der Waals surface area (Å²) >= 11 is 0. The highest BCUT2D eigenvalue weighted by atomic mass is 16.3. The third kappa shape index (κ3) is 2.23. The molecule has 0 bridgehead atoms. The van der Waals surface area contributed by atoms with Gasteiger partial charge in [0.15, 0.2) is 0 Å². The van der Waals surface area contributed by atoms with Crippen LogP contribution in [0, 0.1) is 0 Å². The van der Waals surface area contributed by atoms with Gasteiger partial charge >= 0.3 is 0 Å². The number of aliphatic hydroxyl groups is 2. The molecular weight excluding hydrogens is 208 g/mol. The van der Waals surface area contributed by atoms with E-state index < -0.39 is 6.10 Å². The molecule has 2 aromatic heterocycles. The van der Waals surface area contributed by atoms with Crippen LogP contribution in [0.15, 0.2) is 30.6 Å². The standard InChI is InChI=1S/C10H12N4O2/c15-7-8(16)6-14-10(5-12-13-14)9-3-1-2-4-11-9/h1-5,8,15-16H,6-7H2. The predicted octanol–water partition coefficient (Wildman–Crippen LogP) is -0.307. The molecule has 0 aliphatic rings. The Morgan fingerprint density at radius 3 is 2.94 bits per heavy atom. The fourth-order valence-corrected chi connectivity index (χ4v) is 1.36. The summed E-state index contributed by atoms with van der Waals surface area (Å²) in [4.78, 5) is 4.17. The highest BCUT2D eigenvalue weighted by molar-refractivity contribution is 5.52. The van der Waals surface area contributed by atoms with Crippen LogP contribution in [0.1, 0.15) is 0 Å². The number of aliphatic hydroxyl groups excluding tert-OH is 2. The molecule has 2 N–H and O–H groups in total. The molecule has 0 saturated heterocycles. The van der Waals surface area contributed by atoms with Gasteiger partial charge in [-0.1, -0.05) is 11.3 Å². The van der Waals surface area contributed by atoms with Gasteiger partial charge in [0.25, 0.3) is 0 Å². The van der Waals surface area contributed by atoms with Crippen LogP contribution in [0.25, 0.3) is 11.4 Å². The average Bonchev–Trinajstić information content (AvgIpc) is 2.78. The lowest BCUT2D eigenvalue weighted by Gasteiger charge is -2.09. The molecule has 0 fully saturated rings. The first-order valence-electron chi connectivity index (χ1n) is 4.90. The Hall–Kier alpha value is -1.79. The van der Waals surface area contributed by atoms with Crippen LogP contribution in [0.4, 0.5) is 0 Å². The molecule has 2 rings (SSSR count). The van der Waals surface area contributed by atoms with Crippen molar-refractivity contribution in [1.29, 1.82) is 0 Å². The van der Waals surface area contributed by atoms with Crippen molar-refractivity contribution in [3.05, 3.63) is 30.6 Å². The molecule has 0 aromatic carbocycles. The number of pyridine rings is 1. The maximum Gasteiger partial charge on any atom is 0.107 e. The van der Waals surface area contributed by atoms with Gasteiger partial charge in [-0.25, -0.2) is 4.68 Å². The van der Waals surface area contributed by atoms with Crippen molar-refractivity contribution in [2.75, 3.05) is 6.61 Å². The van der Waals surface area contributed by atoms with E-state index in [1.165, 1.54) is 4.68 Å². The van der Waals surface area contributed by atoms with Gasteiger partial charge in [0, 0.05) is 6.20 Å². The van der Waals surface area contributed by atoms with E-state index in [1.807, 2.05) is 18.2 Å². The lowest BCUT2D eigenvalue weighted by molar-refractivity contribution is 0.0782. The normalized spacial score (nSPS) is 12.6. The topological polar surface area (TPSA) is 84.1 Å². The molecule has 1 atom stereocenters. The minimum absolute atomic E-state index is 0.197. The van der Waals surface area contributed by atoms with Crippen LogP contribution in [0.5, 0.6) is 0 Å². The summed E-state index contributed by atoms with van der Waals surface area (Å²) in [6.45, 7) is -0.107. The summed E-state index contributed by atoms with van der Waals surface area (Å²) in [6.07, 6.45) is 2.41. The van der Waals surface area contributed by atoms with Crippen molar-refractivity contribution in [1.82, 2.24) is 20.0 Å². The Morgan fingerprint density at radius 2 is 2.25 bits per heavy atom. The summed E-state index contributed by atoms with van der Waals surface area (Å²) in [5.74, 6) is 0. The van der Waals surface area contributed by atoms with Crippen molar-refractivity contribution in [3.63, 3.8) is 0 Å². The van der Waals surface area contributed by atoms with Crippen LogP contribution in [-0.4, -0.2) is 42.9 Å². The highest BCUT2D eigenvalue weighted by Gasteiger charge is 2.11. The predicted molar refractivity (Wildman–Crippen MR) is 56.3 cm³/mol. The zero-order valence-electron chi connectivity index (χ0n) is 8.56. The van der Waals surface area contributed by atoms with Crippen molar-refractivity contribution >= 4 is 0 Å². The lowest BCUT2D eigenvalue weighted by atomic mass is 10.3. The number of hydrogen-bond acceptors (Lipinski definition) is 5. The lowest BCUT2D eigenvalue weighted by Crippen LogP contribution is -2.21. The first-order valence-corrected chi connectivity index (χ1v) is 4.90. The number of nitrogens with zero attached hydrogens (tertiary/aromatic N) is 4. The number of aromatic nitrogens is 4. The zero-order valence-corrected chi connectivity index (χ0v) is 8.56. The van der Waals surface area contributed by atoms with Gasteiger partial charge in [0.1, 0.15) is 5.69 Å². The van der Waals surface area contributed by atoms with Gasteiger partial charge < -0.3 is 10.2 Å². The monoisotopic (exact) mass is 220 g/mol. The molecule has 0 aliphatic heterocycles. The number of hydrogen-bond donors (Lipinski definition) is 2. The first kappa shape index (κ1) is 10.7. The van der Waals surface area contributed by atoms with E-state index in [2.05, 4.69) is 15.3 Å². The SMILES string of the molecule is OCC(O)Cn1nncc1-c1ccccn1. The van der Waals surface area contributed by atoms with Gasteiger partial charge in [-0.2, -0.15) is 0 Å². The van der Waals surface area contributed by atoms with Crippen molar-refractivity contribution < 1.29 is 10.2 Å². The summed E-state index contributed by atoms with van der Waals surface area (Å²) in [5, 5.41) is 25.7. The van der Waals surface area contributed by atoms with Gasteiger partial charge in [0.05, 0.1) is 31.1 Å².